The summed E-state index contributed by atoms with van der Waals surface area (Å²) in [6, 6.07) is 3.22. The van der Waals surface area contributed by atoms with E-state index in [0.29, 0.717) is 0 Å². The van der Waals surface area contributed by atoms with Crippen molar-refractivity contribution in [3.05, 3.63) is 17.8 Å². The van der Waals surface area contributed by atoms with Gasteiger partial charge in [0, 0.05) is 11.2 Å². The van der Waals surface area contributed by atoms with Gasteiger partial charge in [0.2, 0.25) is 0 Å². The predicted octanol–water partition coefficient (Wildman–Crippen LogP) is -1.35. The van der Waals surface area contributed by atoms with Crippen molar-refractivity contribution in [3.8, 4) is 0 Å². The van der Waals surface area contributed by atoms with Crippen LogP contribution in [0.3, 0.4) is 0 Å². The second-order valence-corrected chi connectivity index (χ2v) is 2.30. The molecule has 4 N–H and O–H groups in total. The van der Waals surface area contributed by atoms with Gasteiger partial charge in [-0.2, -0.15) is 0 Å². The number of nitrogens with zero attached hydrogens (tertiary/aromatic N) is 1. The summed E-state index contributed by atoms with van der Waals surface area (Å²) in [5.74, 6) is 0.167. The molecular weight excluding hydrogens is 143 g/mol. The van der Waals surface area contributed by atoms with Crippen molar-refractivity contribution in [1.82, 2.24) is 4.98 Å². The molecule has 1 aromatic heterocycles. The maximum Gasteiger partial charge on any atom is 0.492 e. The SMILES string of the molecule is Cc1ccc(B(O)O)c(N)n1. The monoisotopic (exact) mass is 152 g/mol. The minimum atomic E-state index is -1.54. The summed E-state index contributed by atoms with van der Waals surface area (Å²) in [5.41, 5.74) is 6.39. The van der Waals surface area contributed by atoms with Crippen LogP contribution in [0, 0.1) is 6.92 Å². The summed E-state index contributed by atoms with van der Waals surface area (Å²) in [4.78, 5) is 3.85. The Kier molecular flexibility index (Phi) is 2.12. The van der Waals surface area contributed by atoms with Gasteiger partial charge < -0.3 is 15.8 Å². The summed E-state index contributed by atoms with van der Waals surface area (Å²) in [6.45, 7) is 1.78. The molecule has 1 aromatic rings. The Balaban J connectivity index is 3.09. The largest absolute Gasteiger partial charge is 0.492 e. The molecule has 0 aliphatic heterocycles. The van der Waals surface area contributed by atoms with Crippen LogP contribution in [-0.2, 0) is 0 Å². The highest BCUT2D eigenvalue weighted by Crippen LogP contribution is 1.96. The first-order valence-corrected chi connectivity index (χ1v) is 3.20. The van der Waals surface area contributed by atoms with Gasteiger partial charge in [0.15, 0.2) is 0 Å². The summed E-state index contributed by atoms with van der Waals surface area (Å²) in [5, 5.41) is 17.5. The van der Waals surface area contributed by atoms with Gasteiger partial charge in [-0.05, 0) is 13.0 Å². The highest BCUT2D eigenvalue weighted by Gasteiger charge is 2.14. The zero-order valence-corrected chi connectivity index (χ0v) is 6.15. The Bertz CT molecular complexity index is 265. The molecule has 1 rings (SSSR count). The van der Waals surface area contributed by atoms with Crippen molar-refractivity contribution in [3.63, 3.8) is 0 Å². The minimum Gasteiger partial charge on any atom is -0.423 e. The Morgan fingerprint density at radius 3 is 2.55 bits per heavy atom. The van der Waals surface area contributed by atoms with Crippen molar-refractivity contribution < 1.29 is 10.0 Å². The summed E-state index contributed by atoms with van der Waals surface area (Å²) >= 11 is 0. The average Bonchev–Trinajstić information content (AvgIpc) is 1.85. The van der Waals surface area contributed by atoms with E-state index in [1.807, 2.05) is 0 Å². The summed E-state index contributed by atoms with van der Waals surface area (Å²) < 4.78 is 0. The fraction of sp³-hybridized carbons (Fsp3) is 0.167. The standard InChI is InChI=1S/C6H9BN2O2/c1-4-2-3-5(7(10)11)6(8)9-4/h2-3,10-11H,1H3,(H2,8,9). The molecule has 0 aliphatic rings. The summed E-state index contributed by atoms with van der Waals surface area (Å²) in [7, 11) is -1.54. The molecule has 0 fully saturated rings. The lowest BCUT2D eigenvalue weighted by Crippen LogP contribution is -2.33. The van der Waals surface area contributed by atoms with E-state index in [2.05, 4.69) is 4.98 Å². The number of anilines is 1. The topological polar surface area (TPSA) is 79.4 Å². The predicted molar refractivity (Wildman–Crippen MR) is 43.2 cm³/mol. The molecule has 0 unspecified atom stereocenters. The molecule has 0 aromatic carbocycles. The first-order chi connectivity index (χ1) is 5.11. The van der Waals surface area contributed by atoms with Crippen molar-refractivity contribution >= 4 is 18.4 Å². The third-order valence-electron chi connectivity index (χ3n) is 1.37. The fourth-order valence-electron chi connectivity index (χ4n) is 0.806. The van der Waals surface area contributed by atoms with Crippen LogP contribution in [0.4, 0.5) is 5.82 Å². The maximum absolute atomic E-state index is 8.73. The highest BCUT2D eigenvalue weighted by atomic mass is 16.4. The van der Waals surface area contributed by atoms with Crippen LogP contribution in [0.25, 0.3) is 0 Å². The van der Waals surface area contributed by atoms with Crippen molar-refractivity contribution in [2.45, 2.75) is 6.92 Å². The number of aryl methyl sites for hydroxylation is 1. The molecular formula is C6H9BN2O2. The maximum atomic E-state index is 8.73. The Morgan fingerprint density at radius 2 is 2.09 bits per heavy atom. The molecule has 0 atom stereocenters. The number of pyridine rings is 1. The van der Waals surface area contributed by atoms with Crippen LogP contribution in [-0.4, -0.2) is 22.2 Å². The molecule has 5 heteroatoms. The molecule has 1 heterocycles. The van der Waals surface area contributed by atoms with Gasteiger partial charge in [0.1, 0.15) is 5.82 Å². The quantitative estimate of drug-likeness (QED) is 0.434. The zero-order chi connectivity index (χ0) is 8.43. The Hall–Kier alpha value is -1.07. The van der Waals surface area contributed by atoms with Gasteiger partial charge in [-0.25, -0.2) is 4.98 Å². The normalized spacial score (nSPS) is 9.73. The van der Waals surface area contributed by atoms with Crippen LogP contribution in [0.1, 0.15) is 5.69 Å². The van der Waals surface area contributed by atoms with E-state index in [1.165, 1.54) is 0 Å². The lowest BCUT2D eigenvalue weighted by molar-refractivity contribution is 0.426. The molecule has 0 amide bonds. The van der Waals surface area contributed by atoms with Crippen LogP contribution >= 0.6 is 0 Å². The van der Waals surface area contributed by atoms with Gasteiger partial charge in [0.05, 0.1) is 0 Å². The number of hydrogen-bond acceptors (Lipinski definition) is 4. The Labute approximate surface area is 64.8 Å². The molecule has 0 aliphatic carbocycles. The Morgan fingerprint density at radius 1 is 1.45 bits per heavy atom. The van der Waals surface area contributed by atoms with E-state index >= 15 is 0 Å². The van der Waals surface area contributed by atoms with Crippen molar-refractivity contribution in [2.24, 2.45) is 0 Å². The van der Waals surface area contributed by atoms with E-state index in [1.54, 1.807) is 19.1 Å². The van der Waals surface area contributed by atoms with Gasteiger partial charge in [-0.3, -0.25) is 0 Å². The number of nitrogens with two attached hydrogens (primary N) is 1. The van der Waals surface area contributed by atoms with Crippen LogP contribution in [0.2, 0.25) is 0 Å². The van der Waals surface area contributed by atoms with Gasteiger partial charge in [-0.15, -0.1) is 0 Å². The molecule has 4 nitrogen and oxygen atoms in total. The smallest absolute Gasteiger partial charge is 0.423 e. The summed E-state index contributed by atoms with van der Waals surface area (Å²) in [6.07, 6.45) is 0. The van der Waals surface area contributed by atoms with Crippen molar-refractivity contribution in [2.75, 3.05) is 5.73 Å². The van der Waals surface area contributed by atoms with Crippen LogP contribution < -0.4 is 11.2 Å². The number of aromatic nitrogens is 1. The van der Waals surface area contributed by atoms with Gasteiger partial charge in [-0.1, -0.05) is 6.07 Å². The number of hydrogen-bond donors (Lipinski definition) is 3. The van der Waals surface area contributed by atoms with E-state index in [0.717, 1.165) is 5.69 Å². The molecule has 0 saturated heterocycles. The minimum absolute atomic E-state index is 0.167. The lowest BCUT2D eigenvalue weighted by Gasteiger charge is -2.02. The van der Waals surface area contributed by atoms with E-state index in [-0.39, 0.29) is 11.3 Å². The van der Waals surface area contributed by atoms with E-state index in [4.69, 9.17) is 15.8 Å². The highest BCUT2D eigenvalue weighted by molar-refractivity contribution is 6.60. The first kappa shape index (κ1) is 8.04. The van der Waals surface area contributed by atoms with E-state index < -0.39 is 7.12 Å². The third kappa shape index (κ3) is 1.69. The molecule has 0 radical (unpaired) electrons. The van der Waals surface area contributed by atoms with Crippen molar-refractivity contribution in [1.29, 1.82) is 0 Å². The third-order valence-corrected chi connectivity index (χ3v) is 1.37. The van der Waals surface area contributed by atoms with E-state index in [9.17, 15) is 0 Å². The van der Waals surface area contributed by atoms with Gasteiger partial charge in [0.25, 0.3) is 0 Å². The molecule has 58 valence electrons. The first-order valence-electron chi connectivity index (χ1n) is 3.20. The molecule has 0 saturated carbocycles. The van der Waals surface area contributed by atoms with Crippen LogP contribution in [0.15, 0.2) is 12.1 Å². The molecule has 0 spiro atoms. The number of rotatable bonds is 1. The van der Waals surface area contributed by atoms with Crippen LogP contribution in [0.5, 0.6) is 0 Å². The second kappa shape index (κ2) is 2.90. The molecule has 11 heavy (non-hydrogen) atoms. The van der Waals surface area contributed by atoms with Gasteiger partial charge >= 0.3 is 7.12 Å². The average molecular weight is 152 g/mol. The number of nitrogen functional groups attached to an aromatic ring is 1. The fourth-order valence-corrected chi connectivity index (χ4v) is 0.806. The zero-order valence-electron chi connectivity index (χ0n) is 6.15. The second-order valence-electron chi connectivity index (χ2n) is 2.30. The molecule has 0 bridgehead atoms. The lowest BCUT2D eigenvalue weighted by atomic mass is 9.80.